The van der Waals surface area contributed by atoms with E-state index in [1.807, 2.05) is 12.1 Å². The molecule has 3 heterocycles. The molecule has 0 bridgehead atoms. The predicted octanol–water partition coefficient (Wildman–Crippen LogP) is 2.75. The number of nitrogens with zero attached hydrogens (tertiary/aromatic N) is 5. The highest BCUT2D eigenvalue weighted by molar-refractivity contribution is 5.96. The van der Waals surface area contributed by atoms with Gasteiger partial charge in [0.1, 0.15) is 5.69 Å². The molecule has 192 valence electrons. The number of aromatic nitrogens is 2. The van der Waals surface area contributed by atoms with Gasteiger partial charge < -0.3 is 25.3 Å². The van der Waals surface area contributed by atoms with Gasteiger partial charge in [-0.15, -0.1) is 12.4 Å². The van der Waals surface area contributed by atoms with Crippen LogP contribution in [0.2, 0.25) is 0 Å². The summed E-state index contributed by atoms with van der Waals surface area (Å²) in [4.78, 5) is 40.4. The van der Waals surface area contributed by atoms with Gasteiger partial charge in [0.25, 0.3) is 11.8 Å². The maximum absolute atomic E-state index is 13.0. The molecule has 0 aliphatic carbocycles. The lowest BCUT2D eigenvalue weighted by Crippen LogP contribution is -2.49. The maximum Gasteiger partial charge on any atom is 0.272 e. The summed E-state index contributed by atoms with van der Waals surface area (Å²) in [6.07, 6.45) is 3.28. The van der Waals surface area contributed by atoms with E-state index in [9.17, 15) is 9.59 Å². The van der Waals surface area contributed by atoms with Gasteiger partial charge in [-0.1, -0.05) is 13.8 Å². The molecule has 1 saturated heterocycles. The van der Waals surface area contributed by atoms with E-state index in [2.05, 4.69) is 58.1 Å². The molecule has 2 N–H and O–H groups in total. The van der Waals surface area contributed by atoms with Crippen LogP contribution in [0.1, 0.15) is 48.5 Å². The Hall–Kier alpha value is -2.91. The fourth-order valence-corrected chi connectivity index (χ4v) is 3.98. The largest absolute Gasteiger partial charge is 0.380 e. The van der Waals surface area contributed by atoms with Crippen LogP contribution >= 0.6 is 12.4 Å². The van der Waals surface area contributed by atoms with Crippen molar-refractivity contribution in [3.05, 3.63) is 47.9 Å². The molecule has 9 nitrogen and oxygen atoms in total. The fraction of sp³-hybridized carbons (Fsp3) is 0.520. The molecule has 0 atom stereocenters. The molecule has 0 aromatic carbocycles. The van der Waals surface area contributed by atoms with Crippen LogP contribution in [-0.2, 0) is 0 Å². The fourth-order valence-electron chi connectivity index (χ4n) is 3.98. The molecule has 2 amide bonds. The molecule has 0 radical (unpaired) electrons. The van der Waals surface area contributed by atoms with Crippen molar-refractivity contribution in [3.8, 4) is 0 Å². The van der Waals surface area contributed by atoms with Crippen molar-refractivity contribution in [2.45, 2.75) is 33.7 Å². The molecule has 1 aliphatic rings. The van der Waals surface area contributed by atoms with Crippen LogP contribution in [0.4, 0.5) is 11.5 Å². The van der Waals surface area contributed by atoms with Gasteiger partial charge in [-0.2, -0.15) is 0 Å². The van der Waals surface area contributed by atoms with Crippen molar-refractivity contribution < 1.29 is 9.59 Å². The molecule has 1 fully saturated rings. The Morgan fingerprint density at radius 2 is 1.77 bits per heavy atom. The average Bonchev–Trinajstić information content (AvgIpc) is 2.86. The Morgan fingerprint density at radius 3 is 2.37 bits per heavy atom. The molecule has 2 aromatic rings. The zero-order chi connectivity index (χ0) is 24.5. The standard InChI is InChI=1S/C25H37N7O2.ClH/c1-5-30(6-2)13-12-27-24(33)20-9-10-22(28-18-20)25(34)32-16-14-31(15-17-32)23-21(29-19(3)4)8-7-11-26-23;/h7-11,18-19,29H,5-6,12-17H2,1-4H3,(H,27,33);1H. The SMILES string of the molecule is CCN(CC)CCNC(=O)c1ccc(C(=O)N2CCN(c3ncccc3NC(C)C)CC2)nc1.Cl. The Kier molecular flexibility index (Phi) is 11.2. The first-order valence-electron chi connectivity index (χ1n) is 12.1. The van der Waals surface area contributed by atoms with E-state index in [-0.39, 0.29) is 24.2 Å². The number of carbonyl (C=O) groups excluding carboxylic acids is 2. The Balaban J connectivity index is 0.00000432. The highest BCUT2D eigenvalue weighted by Crippen LogP contribution is 2.24. The van der Waals surface area contributed by atoms with Crippen molar-refractivity contribution in [1.29, 1.82) is 0 Å². The summed E-state index contributed by atoms with van der Waals surface area (Å²) in [5.74, 6) is 0.626. The third-order valence-electron chi connectivity index (χ3n) is 5.95. The molecule has 0 spiro atoms. The lowest BCUT2D eigenvalue weighted by Gasteiger charge is -2.36. The number of pyridine rings is 2. The molecule has 3 rings (SSSR count). The van der Waals surface area contributed by atoms with E-state index in [1.165, 1.54) is 6.20 Å². The van der Waals surface area contributed by atoms with Crippen LogP contribution in [0.3, 0.4) is 0 Å². The van der Waals surface area contributed by atoms with E-state index in [1.54, 1.807) is 23.2 Å². The lowest BCUT2D eigenvalue weighted by atomic mass is 10.2. The summed E-state index contributed by atoms with van der Waals surface area (Å²) in [7, 11) is 0. The zero-order valence-electron chi connectivity index (χ0n) is 21.2. The van der Waals surface area contributed by atoms with E-state index in [0.717, 1.165) is 31.1 Å². The van der Waals surface area contributed by atoms with Crippen LogP contribution < -0.4 is 15.5 Å². The number of amides is 2. The zero-order valence-corrected chi connectivity index (χ0v) is 22.0. The Labute approximate surface area is 214 Å². The monoisotopic (exact) mass is 503 g/mol. The minimum Gasteiger partial charge on any atom is -0.380 e. The number of anilines is 2. The second kappa shape index (κ2) is 13.8. The molecule has 0 unspecified atom stereocenters. The van der Waals surface area contributed by atoms with Crippen molar-refractivity contribution >= 4 is 35.7 Å². The number of hydrogen-bond donors (Lipinski definition) is 2. The number of rotatable bonds is 10. The average molecular weight is 504 g/mol. The topological polar surface area (TPSA) is 93.7 Å². The second-order valence-electron chi connectivity index (χ2n) is 8.67. The van der Waals surface area contributed by atoms with Crippen LogP contribution in [0.25, 0.3) is 0 Å². The van der Waals surface area contributed by atoms with Gasteiger partial charge >= 0.3 is 0 Å². The van der Waals surface area contributed by atoms with E-state index in [4.69, 9.17) is 0 Å². The van der Waals surface area contributed by atoms with E-state index >= 15 is 0 Å². The van der Waals surface area contributed by atoms with Crippen molar-refractivity contribution in [3.63, 3.8) is 0 Å². The third-order valence-corrected chi connectivity index (χ3v) is 5.95. The summed E-state index contributed by atoms with van der Waals surface area (Å²) >= 11 is 0. The number of halogens is 1. The van der Waals surface area contributed by atoms with Gasteiger partial charge in [0.2, 0.25) is 0 Å². The van der Waals surface area contributed by atoms with E-state index in [0.29, 0.717) is 50.0 Å². The van der Waals surface area contributed by atoms with Crippen LogP contribution in [0.15, 0.2) is 36.7 Å². The molecule has 1 aliphatic heterocycles. The van der Waals surface area contributed by atoms with Crippen LogP contribution in [-0.4, -0.2) is 90.0 Å². The van der Waals surface area contributed by atoms with Crippen LogP contribution in [0.5, 0.6) is 0 Å². The first kappa shape index (κ1) is 28.3. The molecule has 2 aromatic heterocycles. The van der Waals surface area contributed by atoms with Gasteiger partial charge in [0.05, 0.1) is 11.3 Å². The van der Waals surface area contributed by atoms with Crippen molar-refractivity contribution in [1.82, 2.24) is 25.1 Å². The Bertz CT molecular complexity index is 943. The van der Waals surface area contributed by atoms with Gasteiger partial charge in [-0.3, -0.25) is 14.6 Å². The Morgan fingerprint density at radius 1 is 1.06 bits per heavy atom. The van der Waals surface area contributed by atoms with Crippen molar-refractivity contribution in [2.24, 2.45) is 0 Å². The minimum atomic E-state index is -0.173. The summed E-state index contributed by atoms with van der Waals surface area (Å²) in [6.45, 7) is 14.3. The van der Waals surface area contributed by atoms with E-state index < -0.39 is 0 Å². The second-order valence-corrected chi connectivity index (χ2v) is 8.67. The third kappa shape index (κ3) is 7.80. The number of piperazine rings is 1. The maximum atomic E-state index is 13.0. The summed E-state index contributed by atoms with van der Waals surface area (Å²) < 4.78 is 0. The highest BCUT2D eigenvalue weighted by Gasteiger charge is 2.25. The summed E-state index contributed by atoms with van der Waals surface area (Å²) in [5, 5.41) is 6.35. The first-order chi connectivity index (χ1) is 16.4. The first-order valence-corrected chi connectivity index (χ1v) is 12.1. The number of carbonyl (C=O) groups is 2. The molecular formula is C25H38ClN7O2. The minimum absolute atomic E-state index is 0. The van der Waals surface area contributed by atoms with Crippen LogP contribution in [0, 0.1) is 0 Å². The number of likely N-dealkylation sites (N-methyl/N-ethyl adjacent to an activating group) is 1. The highest BCUT2D eigenvalue weighted by atomic mass is 35.5. The number of hydrogen-bond acceptors (Lipinski definition) is 7. The molecule has 10 heteroatoms. The van der Waals surface area contributed by atoms with Gasteiger partial charge in [0.15, 0.2) is 5.82 Å². The predicted molar refractivity (Wildman–Crippen MR) is 143 cm³/mol. The molecular weight excluding hydrogens is 466 g/mol. The quantitative estimate of drug-likeness (QED) is 0.515. The normalized spacial score (nSPS) is 13.5. The summed E-state index contributed by atoms with van der Waals surface area (Å²) in [5.41, 5.74) is 1.82. The lowest BCUT2D eigenvalue weighted by molar-refractivity contribution is 0.0740. The van der Waals surface area contributed by atoms with Gasteiger partial charge in [-0.05, 0) is 51.2 Å². The molecule has 0 saturated carbocycles. The summed E-state index contributed by atoms with van der Waals surface area (Å²) in [6, 6.07) is 7.57. The van der Waals surface area contributed by atoms with Crippen molar-refractivity contribution in [2.75, 3.05) is 62.6 Å². The smallest absolute Gasteiger partial charge is 0.272 e. The number of nitrogens with one attached hydrogen (secondary N) is 2. The van der Waals surface area contributed by atoms with Gasteiger partial charge in [-0.25, -0.2) is 4.98 Å². The van der Waals surface area contributed by atoms with Gasteiger partial charge in [0, 0.05) is 57.7 Å². The molecule has 35 heavy (non-hydrogen) atoms.